The number of carbonyl (C=O) groups excluding carboxylic acids is 2. The second-order valence-corrected chi connectivity index (χ2v) is 10.8. The summed E-state index contributed by atoms with van der Waals surface area (Å²) in [6, 6.07) is 10.9. The Kier molecular flexibility index (Phi) is 9.67. The van der Waals surface area contributed by atoms with Crippen molar-refractivity contribution in [2.75, 3.05) is 27.2 Å². The van der Waals surface area contributed by atoms with Crippen molar-refractivity contribution in [3.63, 3.8) is 0 Å². The first-order valence-electron chi connectivity index (χ1n) is 13.4. The molecule has 1 aliphatic rings. The average Bonchev–Trinajstić information content (AvgIpc) is 3.74. The van der Waals surface area contributed by atoms with Crippen LogP contribution in [0.4, 0.5) is 9.18 Å². The van der Waals surface area contributed by atoms with Gasteiger partial charge >= 0.3 is 6.03 Å². The lowest BCUT2D eigenvalue weighted by Crippen LogP contribution is -2.36. The molecule has 1 aliphatic carbocycles. The van der Waals surface area contributed by atoms with Crippen LogP contribution in [0.1, 0.15) is 45.6 Å². The predicted molar refractivity (Wildman–Crippen MR) is 157 cm³/mol. The zero-order valence-corrected chi connectivity index (χ0v) is 24.4. The van der Waals surface area contributed by atoms with E-state index in [9.17, 15) is 18.8 Å². The fourth-order valence-corrected chi connectivity index (χ4v) is 4.46. The van der Waals surface area contributed by atoms with Crippen molar-refractivity contribution in [2.45, 2.75) is 45.9 Å². The Morgan fingerprint density at radius 3 is 2.54 bits per heavy atom. The first-order chi connectivity index (χ1) is 19.5. The van der Waals surface area contributed by atoms with E-state index in [-0.39, 0.29) is 41.9 Å². The number of urea groups is 1. The molecule has 0 atom stereocenters. The first-order valence-corrected chi connectivity index (χ1v) is 13.8. The Balaban J connectivity index is 1.52. The number of hydrogen-bond donors (Lipinski definition) is 3. The zero-order valence-electron chi connectivity index (χ0n) is 23.6. The van der Waals surface area contributed by atoms with E-state index in [2.05, 4.69) is 16.0 Å². The maximum absolute atomic E-state index is 14.0. The van der Waals surface area contributed by atoms with Crippen LogP contribution in [-0.2, 0) is 13.2 Å². The molecule has 2 aromatic carbocycles. The lowest BCUT2D eigenvalue weighted by molar-refractivity contribution is 0.0951. The molecule has 0 radical (unpaired) electrons. The third-order valence-corrected chi connectivity index (χ3v) is 7.11. The van der Waals surface area contributed by atoms with Gasteiger partial charge in [-0.2, -0.15) is 0 Å². The van der Waals surface area contributed by atoms with Crippen LogP contribution in [0.3, 0.4) is 0 Å². The summed E-state index contributed by atoms with van der Waals surface area (Å²) in [4.78, 5) is 40.1. The van der Waals surface area contributed by atoms with E-state index < -0.39 is 11.4 Å². The molecule has 218 valence electrons. The minimum Gasteiger partial charge on any atom is -0.487 e. The van der Waals surface area contributed by atoms with Gasteiger partial charge in [0.25, 0.3) is 11.5 Å². The number of hydrogen-bond acceptors (Lipinski definition) is 5. The van der Waals surface area contributed by atoms with E-state index >= 15 is 0 Å². The molecule has 0 aliphatic heterocycles. The van der Waals surface area contributed by atoms with Gasteiger partial charge in [0, 0.05) is 43.0 Å². The molecule has 1 aromatic heterocycles. The predicted octanol–water partition coefficient (Wildman–Crippen LogP) is 4.08. The Bertz CT molecular complexity index is 1500. The van der Waals surface area contributed by atoms with Crippen LogP contribution in [0.15, 0.2) is 47.3 Å². The summed E-state index contributed by atoms with van der Waals surface area (Å²) in [7, 11) is 3.85. The normalized spacial score (nSPS) is 12.8. The molecule has 3 amide bonds. The number of amides is 3. The maximum atomic E-state index is 14.0. The van der Waals surface area contributed by atoms with Gasteiger partial charge in [0.05, 0.1) is 5.69 Å². The van der Waals surface area contributed by atoms with Crippen LogP contribution >= 0.6 is 11.6 Å². The fraction of sp³-hybridized carbons (Fsp3) is 0.367. The van der Waals surface area contributed by atoms with Crippen LogP contribution in [-0.4, -0.2) is 54.6 Å². The minimum atomic E-state index is -0.493. The summed E-state index contributed by atoms with van der Waals surface area (Å²) in [6.07, 6.45) is 1.92. The molecule has 11 heteroatoms. The summed E-state index contributed by atoms with van der Waals surface area (Å²) < 4.78 is 21.4. The molecular formula is C30H35ClFN5O4. The van der Waals surface area contributed by atoms with Gasteiger partial charge in [-0.05, 0) is 81.7 Å². The summed E-state index contributed by atoms with van der Waals surface area (Å²) in [6.45, 7) is 4.91. The largest absolute Gasteiger partial charge is 0.487 e. The second-order valence-electron chi connectivity index (χ2n) is 10.5. The highest BCUT2D eigenvalue weighted by atomic mass is 35.5. The number of likely N-dealkylation sites (N-methyl/N-ethyl adjacent to an activating group) is 1. The van der Waals surface area contributed by atoms with Crippen molar-refractivity contribution in [3.8, 4) is 11.4 Å². The van der Waals surface area contributed by atoms with E-state index in [0.29, 0.717) is 41.2 Å². The molecule has 0 spiro atoms. The second kappa shape index (κ2) is 13.2. The molecular weight excluding hydrogens is 549 g/mol. The molecule has 3 aromatic rings. The number of benzene rings is 2. The highest BCUT2D eigenvalue weighted by Gasteiger charge is 2.23. The summed E-state index contributed by atoms with van der Waals surface area (Å²) in [5, 5.41) is 8.33. The number of nitrogens with one attached hydrogen (secondary N) is 3. The Hall–Kier alpha value is -3.89. The Morgan fingerprint density at radius 1 is 1.07 bits per heavy atom. The molecule has 0 saturated heterocycles. The Morgan fingerprint density at radius 2 is 1.83 bits per heavy atom. The standard InChI is InChI=1S/C30H35ClFN5O4/c1-18-5-6-20(28(38)33-11-12-36(3)4)15-25(18)37-19(2)13-26(27(31)29(37)39)41-17-21-7-8-23(32)14-22(21)16-34-30(40)35-24-9-10-24/h5-8,13-15,24H,9-12,16-17H2,1-4H3,(H,33,38)(H2,34,35,40). The topological polar surface area (TPSA) is 105 Å². The van der Waals surface area contributed by atoms with Gasteiger partial charge in [0.1, 0.15) is 23.2 Å². The van der Waals surface area contributed by atoms with Gasteiger partial charge < -0.3 is 25.6 Å². The van der Waals surface area contributed by atoms with Crippen molar-refractivity contribution in [1.29, 1.82) is 0 Å². The average molecular weight is 584 g/mol. The van der Waals surface area contributed by atoms with Crippen LogP contribution in [0.25, 0.3) is 5.69 Å². The quantitative estimate of drug-likeness (QED) is 0.316. The Labute approximate surface area is 243 Å². The van der Waals surface area contributed by atoms with E-state index in [1.54, 1.807) is 37.3 Å². The number of carbonyl (C=O) groups is 2. The van der Waals surface area contributed by atoms with Crippen LogP contribution < -0.4 is 26.2 Å². The van der Waals surface area contributed by atoms with E-state index in [1.165, 1.54) is 16.7 Å². The van der Waals surface area contributed by atoms with E-state index in [4.69, 9.17) is 16.3 Å². The lowest BCUT2D eigenvalue weighted by Gasteiger charge is -2.18. The molecule has 0 bridgehead atoms. The van der Waals surface area contributed by atoms with Crippen molar-refractivity contribution in [3.05, 3.63) is 91.6 Å². The fourth-order valence-electron chi connectivity index (χ4n) is 4.27. The van der Waals surface area contributed by atoms with Crippen molar-refractivity contribution in [1.82, 2.24) is 25.4 Å². The van der Waals surface area contributed by atoms with E-state index in [0.717, 1.165) is 18.4 Å². The third-order valence-electron chi connectivity index (χ3n) is 6.76. The molecule has 3 N–H and O–H groups in total. The number of aromatic nitrogens is 1. The first kappa shape index (κ1) is 30.1. The minimum absolute atomic E-state index is 0.00574. The summed E-state index contributed by atoms with van der Waals surface area (Å²) >= 11 is 6.49. The van der Waals surface area contributed by atoms with Gasteiger partial charge in [0.2, 0.25) is 0 Å². The van der Waals surface area contributed by atoms with Crippen LogP contribution in [0.5, 0.6) is 5.75 Å². The molecule has 1 heterocycles. The summed E-state index contributed by atoms with van der Waals surface area (Å²) in [5.41, 5.74) is 3.01. The zero-order chi connectivity index (χ0) is 29.7. The van der Waals surface area contributed by atoms with Gasteiger partial charge in [-0.3, -0.25) is 14.2 Å². The van der Waals surface area contributed by atoms with E-state index in [1.807, 2.05) is 25.9 Å². The van der Waals surface area contributed by atoms with Crippen LogP contribution in [0, 0.1) is 19.7 Å². The number of nitrogens with zero attached hydrogens (tertiary/aromatic N) is 2. The number of rotatable bonds is 11. The van der Waals surface area contributed by atoms with Crippen molar-refractivity contribution < 1.29 is 18.7 Å². The molecule has 4 rings (SSSR count). The van der Waals surface area contributed by atoms with Crippen molar-refractivity contribution >= 4 is 23.5 Å². The van der Waals surface area contributed by atoms with Crippen LogP contribution in [0.2, 0.25) is 5.02 Å². The van der Waals surface area contributed by atoms with Crippen molar-refractivity contribution in [2.24, 2.45) is 0 Å². The molecule has 41 heavy (non-hydrogen) atoms. The number of aryl methyl sites for hydroxylation is 2. The molecule has 1 fully saturated rings. The monoisotopic (exact) mass is 583 g/mol. The molecule has 9 nitrogen and oxygen atoms in total. The molecule has 0 unspecified atom stereocenters. The van der Waals surface area contributed by atoms with Gasteiger partial charge in [-0.25, -0.2) is 9.18 Å². The smallest absolute Gasteiger partial charge is 0.315 e. The number of ether oxygens (including phenoxy) is 1. The maximum Gasteiger partial charge on any atom is 0.315 e. The lowest BCUT2D eigenvalue weighted by atomic mass is 10.1. The number of halogens is 2. The SMILES string of the molecule is Cc1ccc(C(=O)NCCN(C)C)cc1-n1c(C)cc(OCc2ccc(F)cc2CNC(=O)NC2CC2)c(Cl)c1=O. The number of pyridine rings is 1. The van der Waals surface area contributed by atoms with Gasteiger partial charge in [-0.15, -0.1) is 0 Å². The summed E-state index contributed by atoms with van der Waals surface area (Å²) in [5.74, 6) is -0.497. The highest BCUT2D eigenvalue weighted by Crippen LogP contribution is 2.27. The van der Waals surface area contributed by atoms with Gasteiger partial charge in [-0.1, -0.05) is 23.7 Å². The third kappa shape index (κ3) is 7.86. The molecule has 1 saturated carbocycles. The highest BCUT2D eigenvalue weighted by molar-refractivity contribution is 6.31. The van der Waals surface area contributed by atoms with Gasteiger partial charge in [0.15, 0.2) is 0 Å².